The van der Waals surface area contributed by atoms with Crippen LogP contribution >= 0.6 is 0 Å². The van der Waals surface area contributed by atoms with Crippen LogP contribution < -0.4 is 5.84 Å². The van der Waals surface area contributed by atoms with E-state index in [2.05, 4.69) is 47.4 Å². The number of benzene rings is 2. The molecular formula is C20H20N4. The highest BCUT2D eigenvalue weighted by atomic mass is 15.4. The Morgan fingerprint density at radius 2 is 1.58 bits per heavy atom. The molecule has 0 amide bonds. The summed E-state index contributed by atoms with van der Waals surface area (Å²) in [7, 11) is 0. The van der Waals surface area contributed by atoms with E-state index in [1.807, 2.05) is 23.2 Å². The maximum absolute atomic E-state index is 9.66. The predicted molar refractivity (Wildman–Crippen MR) is 95.5 cm³/mol. The lowest BCUT2D eigenvalue weighted by Gasteiger charge is -2.38. The van der Waals surface area contributed by atoms with Gasteiger partial charge in [0.25, 0.3) is 0 Å². The van der Waals surface area contributed by atoms with E-state index in [-0.39, 0.29) is 6.04 Å². The van der Waals surface area contributed by atoms with Crippen molar-refractivity contribution in [1.82, 2.24) is 9.91 Å². The van der Waals surface area contributed by atoms with Crippen molar-refractivity contribution in [2.45, 2.75) is 6.04 Å². The van der Waals surface area contributed by atoms with E-state index in [4.69, 9.17) is 5.84 Å². The lowest BCUT2D eigenvalue weighted by atomic mass is 9.91. The molecule has 0 saturated carbocycles. The zero-order valence-electron chi connectivity index (χ0n) is 13.5. The molecule has 0 spiro atoms. The fourth-order valence-electron chi connectivity index (χ4n) is 3.75. The molecule has 2 aromatic carbocycles. The first-order valence-corrected chi connectivity index (χ1v) is 8.31. The average molecular weight is 316 g/mol. The first kappa shape index (κ1) is 15.1. The number of hydrogen-bond acceptors (Lipinski definition) is 4. The van der Waals surface area contributed by atoms with Gasteiger partial charge in [-0.3, -0.25) is 10.7 Å². The number of nitrogens with zero attached hydrogens (tertiary/aromatic N) is 3. The Morgan fingerprint density at radius 3 is 2.33 bits per heavy atom. The number of piperazine rings is 1. The molecule has 1 fully saturated rings. The molecule has 2 aromatic rings. The summed E-state index contributed by atoms with van der Waals surface area (Å²) in [6.07, 6.45) is 2.02. The van der Waals surface area contributed by atoms with E-state index in [0.29, 0.717) is 0 Å². The van der Waals surface area contributed by atoms with Gasteiger partial charge in [-0.05, 0) is 28.3 Å². The molecule has 1 aliphatic heterocycles. The first-order chi connectivity index (χ1) is 11.8. The Morgan fingerprint density at radius 1 is 0.917 bits per heavy atom. The van der Waals surface area contributed by atoms with Crippen molar-refractivity contribution in [1.29, 1.82) is 5.26 Å². The van der Waals surface area contributed by atoms with Crippen LogP contribution in [0, 0.1) is 11.3 Å². The summed E-state index contributed by atoms with van der Waals surface area (Å²) in [5.41, 5.74) is 5.38. The van der Waals surface area contributed by atoms with Crippen molar-refractivity contribution >= 4 is 11.6 Å². The molecule has 1 atom stereocenters. The van der Waals surface area contributed by atoms with E-state index in [1.54, 1.807) is 0 Å². The van der Waals surface area contributed by atoms with Crippen LogP contribution in [-0.4, -0.2) is 36.1 Å². The minimum atomic E-state index is 0.160. The number of fused-ring (bicyclic) bond motifs is 2. The number of hydrazine groups is 1. The highest BCUT2D eigenvalue weighted by molar-refractivity contribution is 5.93. The molecule has 4 rings (SSSR count). The standard InChI is InChI=1S/C20H20N4/c21-14-16-13-15-5-1-2-7-18(15)20(19-8-4-3-6-17(16)19)23-9-11-24(22)12-10-23/h1-8,13,20H,9-12,22H2. The number of rotatable bonds is 1. The number of nitriles is 1. The maximum Gasteiger partial charge on any atom is 0.0998 e. The van der Waals surface area contributed by atoms with Crippen molar-refractivity contribution < 1.29 is 0 Å². The zero-order chi connectivity index (χ0) is 16.5. The van der Waals surface area contributed by atoms with Crippen LogP contribution in [0.1, 0.15) is 28.3 Å². The van der Waals surface area contributed by atoms with Crippen LogP contribution in [0.5, 0.6) is 0 Å². The molecule has 0 radical (unpaired) electrons. The Bertz CT molecular complexity index is 826. The molecule has 0 aromatic heterocycles. The van der Waals surface area contributed by atoms with Crippen LogP contribution in [0.3, 0.4) is 0 Å². The number of nitrogens with two attached hydrogens (primary N) is 1. The van der Waals surface area contributed by atoms with Gasteiger partial charge in [0.15, 0.2) is 0 Å². The third-order valence-electron chi connectivity index (χ3n) is 4.97. The molecule has 24 heavy (non-hydrogen) atoms. The number of allylic oxidation sites excluding steroid dienone is 1. The van der Waals surface area contributed by atoms with Gasteiger partial charge in [0.2, 0.25) is 0 Å². The second kappa shape index (κ2) is 6.21. The van der Waals surface area contributed by atoms with Gasteiger partial charge in [-0.15, -0.1) is 0 Å². The molecule has 4 nitrogen and oxygen atoms in total. The van der Waals surface area contributed by atoms with Gasteiger partial charge < -0.3 is 0 Å². The average Bonchev–Trinajstić information content (AvgIpc) is 2.77. The molecule has 4 heteroatoms. The minimum Gasteiger partial charge on any atom is -0.290 e. The van der Waals surface area contributed by atoms with Crippen molar-refractivity contribution in [3.63, 3.8) is 0 Å². The lowest BCUT2D eigenvalue weighted by molar-refractivity contribution is 0.110. The maximum atomic E-state index is 9.66. The van der Waals surface area contributed by atoms with E-state index in [0.717, 1.165) is 42.9 Å². The second-order valence-electron chi connectivity index (χ2n) is 6.36. The normalized spacial score (nSPS) is 21.2. The number of hydrogen-bond donors (Lipinski definition) is 1. The van der Waals surface area contributed by atoms with E-state index < -0.39 is 0 Å². The SMILES string of the molecule is N#CC1=Cc2ccccc2C(N2CCN(N)CC2)c2ccccc21. The van der Waals surface area contributed by atoms with Gasteiger partial charge in [-0.25, -0.2) is 5.01 Å². The summed E-state index contributed by atoms with van der Waals surface area (Å²) in [4.78, 5) is 2.48. The molecule has 2 N–H and O–H groups in total. The van der Waals surface area contributed by atoms with Gasteiger partial charge in [0, 0.05) is 26.2 Å². The third kappa shape index (κ3) is 2.53. The molecule has 0 bridgehead atoms. The highest BCUT2D eigenvalue weighted by Gasteiger charge is 2.30. The Balaban J connectivity index is 1.90. The monoisotopic (exact) mass is 316 g/mol. The molecule has 120 valence electrons. The summed E-state index contributed by atoms with van der Waals surface area (Å²) in [6.45, 7) is 3.57. The largest absolute Gasteiger partial charge is 0.290 e. The van der Waals surface area contributed by atoms with Crippen LogP contribution in [0.4, 0.5) is 0 Å². The van der Waals surface area contributed by atoms with E-state index in [9.17, 15) is 5.26 Å². The summed E-state index contributed by atoms with van der Waals surface area (Å²) in [6, 6.07) is 19.2. The smallest absolute Gasteiger partial charge is 0.0998 e. The molecule has 1 saturated heterocycles. The van der Waals surface area contributed by atoms with Crippen molar-refractivity contribution in [3.05, 3.63) is 70.8 Å². The zero-order valence-corrected chi connectivity index (χ0v) is 13.5. The van der Waals surface area contributed by atoms with Gasteiger partial charge in [0.1, 0.15) is 0 Å². The predicted octanol–water partition coefficient (Wildman–Crippen LogP) is 2.64. The Labute approximate surface area is 142 Å². The first-order valence-electron chi connectivity index (χ1n) is 8.31. The van der Waals surface area contributed by atoms with Crippen LogP contribution in [0.15, 0.2) is 48.5 Å². The molecule has 1 unspecified atom stereocenters. The second-order valence-corrected chi connectivity index (χ2v) is 6.36. The van der Waals surface area contributed by atoms with Gasteiger partial charge in [0.05, 0.1) is 17.7 Å². The molecule has 1 aliphatic carbocycles. The summed E-state index contributed by atoms with van der Waals surface area (Å²) in [5, 5.41) is 11.5. The van der Waals surface area contributed by atoms with E-state index >= 15 is 0 Å². The molecule has 1 heterocycles. The minimum absolute atomic E-state index is 0.160. The van der Waals surface area contributed by atoms with Crippen LogP contribution in [-0.2, 0) is 0 Å². The van der Waals surface area contributed by atoms with Crippen LogP contribution in [0.25, 0.3) is 11.6 Å². The summed E-state index contributed by atoms with van der Waals surface area (Å²) in [5.74, 6) is 5.94. The lowest BCUT2D eigenvalue weighted by Crippen LogP contribution is -2.50. The summed E-state index contributed by atoms with van der Waals surface area (Å²) >= 11 is 0. The molecule has 2 aliphatic rings. The fraction of sp³-hybridized carbons (Fsp3) is 0.250. The van der Waals surface area contributed by atoms with E-state index in [1.165, 1.54) is 11.1 Å². The Hall–Kier alpha value is -2.45. The van der Waals surface area contributed by atoms with Gasteiger partial charge in [-0.1, -0.05) is 48.5 Å². The van der Waals surface area contributed by atoms with Gasteiger partial charge in [-0.2, -0.15) is 5.26 Å². The van der Waals surface area contributed by atoms with Crippen LogP contribution in [0.2, 0.25) is 0 Å². The molecular weight excluding hydrogens is 296 g/mol. The van der Waals surface area contributed by atoms with Gasteiger partial charge >= 0.3 is 0 Å². The van der Waals surface area contributed by atoms with Crippen molar-refractivity contribution in [2.24, 2.45) is 5.84 Å². The fourth-order valence-corrected chi connectivity index (χ4v) is 3.75. The summed E-state index contributed by atoms with van der Waals surface area (Å²) < 4.78 is 0. The Kier molecular flexibility index (Phi) is 3.91. The van der Waals surface area contributed by atoms with Crippen molar-refractivity contribution in [2.75, 3.05) is 26.2 Å². The van der Waals surface area contributed by atoms with Crippen molar-refractivity contribution in [3.8, 4) is 6.07 Å². The third-order valence-corrected chi connectivity index (χ3v) is 4.97. The topological polar surface area (TPSA) is 56.3 Å². The highest BCUT2D eigenvalue weighted by Crippen LogP contribution is 2.39. The quantitative estimate of drug-likeness (QED) is 0.822.